The van der Waals surface area contributed by atoms with Gasteiger partial charge in [-0.1, -0.05) is 6.08 Å². The molecule has 0 aliphatic carbocycles. The molecule has 1 aromatic rings. The van der Waals surface area contributed by atoms with E-state index in [0.717, 1.165) is 25.1 Å². The van der Waals surface area contributed by atoms with Crippen molar-refractivity contribution in [1.29, 1.82) is 0 Å². The van der Waals surface area contributed by atoms with Crippen LogP contribution >= 0.6 is 0 Å². The first-order valence-corrected chi connectivity index (χ1v) is 10.6. The number of hydrogen-bond donors (Lipinski definition) is 2. The van der Waals surface area contributed by atoms with E-state index in [9.17, 15) is 18.8 Å². The molecule has 1 unspecified atom stereocenters. The fourth-order valence-corrected chi connectivity index (χ4v) is 4.27. The van der Waals surface area contributed by atoms with Crippen molar-refractivity contribution in [2.45, 2.75) is 25.9 Å². The largest absolute Gasteiger partial charge is 0.442 e. The van der Waals surface area contributed by atoms with E-state index < -0.39 is 18.0 Å². The van der Waals surface area contributed by atoms with E-state index in [1.807, 2.05) is 11.0 Å². The molecular weight excluding hydrogens is 403 g/mol. The molecule has 9 heteroatoms. The van der Waals surface area contributed by atoms with E-state index in [1.54, 1.807) is 12.1 Å². The monoisotopic (exact) mass is 430 g/mol. The fraction of sp³-hybridized carbons (Fsp3) is 0.500. The van der Waals surface area contributed by atoms with Gasteiger partial charge in [-0.2, -0.15) is 0 Å². The molecule has 166 valence electrons. The summed E-state index contributed by atoms with van der Waals surface area (Å²) in [6, 6.07) is 4.70. The van der Waals surface area contributed by atoms with E-state index in [-0.39, 0.29) is 30.8 Å². The zero-order chi connectivity index (χ0) is 22.0. The smallest absolute Gasteiger partial charge is 0.414 e. The van der Waals surface area contributed by atoms with Crippen LogP contribution in [0.2, 0.25) is 0 Å². The molecule has 3 heterocycles. The summed E-state index contributed by atoms with van der Waals surface area (Å²) >= 11 is 0. The number of hydrogen-bond acceptors (Lipinski definition) is 5. The van der Waals surface area contributed by atoms with Gasteiger partial charge in [-0.3, -0.25) is 14.5 Å². The molecule has 2 N–H and O–H groups in total. The maximum atomic E-state index is 14.9. The zero-order valence-corrected chi connectivity index (χ0v) is 17.5. The first-order chi connectivity index (χ1) is 14.9. The maximum Gasteiger partial charge on any atom is 0.414 e. The third-order valence-corrected chi connectivity index (χ3v) is 5.99. The maximum absolute atomic E-state index is 14.9. The highest BCUT2D eigenvalue weighted by Crippen LogP contribution is 2.30. The summed E-state index contributed by atoms with van der Waals surface area (Å²) in [6.45, 7) is 4.52. The molecule has 31 heavy (non-hydrogen) atoms. The van der Waals surface area contributed by atoms with Crippen LogP contribution in [0.1, 0.15) is 25.3 Å². The third kappa shape index (κ3) is 4.71. The minimum atomic E-state index is -0.560. The van der Waals surface area contributed by atoms with Crippen molar-refractivity contribution in [2.24, 2.45) is 5.92 Å². The lowest BCUT2D eigenvalue weighted by molar-refractivity contribution is -0.134. The van der Waals surface area contributed by atoms with Crippen molar-refractivity contribution in [2.75, 3.05) is 44.2 Å². The number of carbonyl (C=O) groups excluding carboxylic acids is 3. The van der Waals surface area contributed by atoms with E-state index in [1.165, 1.54) is 17.9 Å². The number of nitrogens with zero attached hydrogens (tertiary/aromatic N) is 2. The second kappa shape index (κ2) is 9.05. The Morgan fingerprint density at radius 1 is 1.35 bits per heavy atom. The zero-order valence-electron chi connectivity index (χ0n) is 17.5. The van der Waals surface area contributed by atoms with Crippen LogP contribution in [0.4, 0.5) is 14.9 Å². The Kier molecular flexibility index (Phi) is 6.22. The van der Waals surface area contributed by atoms with Crippen molar-refractivity contribution in [3.05, 3.63) is 35.7 Å². The number of cyclic esters (lactones) is 1. The lowest BCUT2D eigenvalue weighted by atomic mass is 9.97. The fourth-order valence-electron chi connectivity index (χ4n) is 4.27. The normalized spacial score (nSPS) is 23.5. The second-order valence-corrected chi connectivity index (χ2v) is 8.17. The Hall–Kier alpha value is -2.94. The van der Waals surface area contributed by atoms with Gasteiger partial charge in [0.25, 0.3) is 0 Å². The molecule has 8 nitrogen and oxygen atoms in total. The minimum Gasteiger partial charge on any atom is -0.442 e. The van der Waals surface area contributed by atoms with Gasteiger partial charge in [0.05, 0.1) is 24.7 Å². The molecule has 2 saturated heterocycles. The number of anilines is 1. The lowest BCUT2D eigenvalue weighted by Crippen LogP contribution is -2.39. The highest BCUT2D eigenvalue weighted by molar-refractivity contribution is 5.90. The van der Waals surface area contributed by atoms with Gasteiger partial charge >= 0.3 is 6.09 Å². The molecule has 0 radical (unpaired) electrons. The summed E-state index contributed by atoms with van der Waals surface area (Å²) in [5.74, 6) is -0.411. The molecule has 3 aliphatic heterocycles. The van der Waals surface area contributed by atoms with Gasteiger partial charge in [0.2, 0.25) is 11.8 Å². The molecule has 4 rings (SSSR count). The second-order valence-electron chi connectivity index (χ2n) is 8.17. The predicted octanol–water partition coefficient (Wildman–Crippen LogP) is 1.51. The Bertz CT molecular complexity index is 913. The van der Waals surface area contributed by atoms with Crippen molar-refractivity contribution in [1.82, 2.24) is 15.5 Å². The number of ether oxygens (including phenoxy) is 1. The molecule has 3 aliphatic rings. The summed E-state index contributed by atoms with van der Waals surface area (Å²) in [7, 11) is 0. The number of nitrogens with one attached hydrogen (secondary N) is 2. The summed E-state index contributed by atoms with van der Waals surface area (Å²) in [6.07, 6.45) is 2.34. The number of amides is 3. The molecule has 0 bridgehead atoms. The van der Waals surface area contributed by atoms with Gasteiger partial charge in [-0.05, 0) is 43.2 Å². The summed E-state index contributed by atoms with van der Waals surface area (Å²) in [5, 5.41) is 5.83. The average molecular weight is 430 g/mol. The summed E-state index contributed by atoms with van der Waals surface area (Å²) in [4.78, 5) is 39.0. The van der Waals surface area contributed by atoms with E-state index in [0.29, 0.717) is 30.8 Å². The Morgan fingerprint density at radius 2 is 2.19 bits per heavy atom. The van der Waals surface area contributed by atoms with Gasteiger partial charge in [0.15, 0.2) is 0 Å². The molecule has 0 saturated carbocycles. The van der Waals surface area contributed by atoms with Gasteiger partial charge in [-0.15, -0.1) is 0 Å². The Balaban J connectivity index is 1.40. The van der Waals surface area contributed by atoms with Gasteiger partial charge < -0.3 is 20.3 Å². The number of carbonyl (C=O) groups is 3. The Labute approximate surface area is 180 Å². The van der Waals surface area contributed by atoms with E-state index in [4.69, 9.17) is 4.74 Å². The molecule has 0 aromatic heterocycles. The van der Waals surface area contributed by atoms with E-state index in [2.05, 4.69) is 10.6 Å². The van der Waals surface area contributed by atoms with Crippen molar-refractivity contribution in [3.63, 3.8) is 0 Å². The van der Waals surface area contributed by atoms with E-state index >= 15 is 0 Å². The van der Waals surface area contributed by atoms with Crippen LogP contribution in [-0.2, 0) is 14.3 Å². The number of rotatable bonds is 5. The minimum absolute atomic E-state index is 0.0423. The van der Waals surface area contributed by atoms with Crippen LogP contribution in [0.25, 0.3) is 5.57 Å². The van der Waals surface area contributed by atoms with Crippen LogP contribution in [0.3, 0.4) is 0 Å². The summed E-state index contributed by atoms with van der Waals surface area (Å²) in [5.41, 5.74) is 1.77. The van der Waals surface area contributed by atoms with Crippen molar-refractivity contribution < 1.29 is 23.5 Å². The Morgan fingerprint density at radius 3 is 2.84 bits per heavy atom. The predicted molar refractivity (Wildman–Crippen MR) is 113 cm³/mol. The quantitative estimate of drug-likeness (QED) is 0.739. The summed E-state index contributed by atoms with van der Waals surface area (Å²) < 4.78 is 20.1. The van der Waals surface area contributed by atoms with Crippen LogP contribution in [0, 0.1) is 11.7 Å². The van der Waals surface area contributed by atoms with Crippen molar-refractivity contribution >= 4 is 29.2 Å². The molecule has 2 fully saturated rings. The van der Waals surface area contributed by atoms with Crippen LogP contribution in [-0.4, -0.2) is 68.2 Å². The van der Waals surface area contributed by atoms with Gasteiger partial charge in [0.1, 0.15) is 11.9 Å². The molecular formula is C22H27FN4O4. The first-order valence-electron chi connectivity index (χ1n) is 10.6. The van der Waals surface area contributed by atoms with Crippen LogP contribution in [0.5, 0.6) is 0 Å². The van der Waals surface area contributed by atoms with Crippen molar-refractivity contribution in [3.8, 4) is 0 Å². The standard InChI is InChI=1S/C22H27FN4O4/c1-14(28)25-12-18-13-27(22(30)31-18)17-2-3-19(20(23)10-17)15-5-8-26(9-6-15)21(29)16-4-7-24-11-16/h2-3,5,10,16,18,24H,4,6-9,11-13H2,1H3,(H,25,28)/t16?,18-/m0/s1. The van der Waals surface area contributed by atoms with Crippen LogP contribution < -0.4 is 15.5 Å². The van der Waals surface area contributed by atoms with Crippen LogP contribution in [0.15, 0.2) is 24.3 Å². The molecule has 3 amide bonds. The SMILES string of the molecule is CC(=O)NC[C@H]1CN(c2ccc(C3=CCN(C(=O)C4CCNC4)CC3)c(F)c2)C(=O)O1. The highest BCUT2D eigenvalue weighted by atomic mass is 19.1. The molecule has 1 aromatic carbocycles. The van der Waals surface area contributed by atoms with Gasteiger partial charge in [-0.25, -0.2) is 9.18 Å². The van der Waals surface area contributed by atoms with Gasteiger partial charge in [0, 0.05) is 32.1 Å². The molecule has 0 spiro atoms. The number of halogens is 1. The first kappa shape index (κ1) is 21.3. The topological polar surface area (TPSA) is 91.0 Å². The highest BCUT2D eigenvalue weighted by Gasteiger charge is 2.33. The average Bonchev–Trinajstić information content (AvgIpc) is 3.42. The third-order valence-electron chi connectivity index (χ3n) is 5.99. The lowest BCUT2D eigenvalue weighted by Gasteiger charge is -2.29. The molecule has 2 atom stereocenters. The number of benzene rings is 1.